The molecule has 0 aliphatic rings. The molecule has 0 saturated heterocycles. The van der Waals surface area contributed by atoms with Crippen LogP contribution in [0.3, 0.4) is 0 Å². The third-order valence-electron chi connectivity index (χ3n) is 3.07. The highest BCUT2D eigenvalue weighted by molar-refractivity contribution is 5.78. The van der Waals surface area contributed by atoms with Gasteiger partial charge in [-0.05, 0) is 36.2 Å². The van der Waals surface area contributed by atoms with E-state index >= 15 is 0 Å². The Hall–Kier alpha value is -2.16. The first-order valence-corrected chi connectivity index (χ1v) is 6.21. The maximum atomic E-state index is 4.56. The zero-order chi connectivity index (χ0) is 12.4. The first-order chi connectivity index (χ1) is 8.85. The van der Waals surface area contributed by atoms with Crippen LogP contribution in [0.5, 0.6) is 0 Å². The minimum Gasteiger partial charge on any atom is -0.266 e. The molecule has 0 saturated carbocycles. The van der Waals surface area contributed by atoms with Crippen molar-refractivity contribution in [3.05, 3.63) is 60.0 Å². The van der Waals surface area contributed by atoms with Gasteiger partial charge in [-0.2, -0.15) is 5.10 Å². The molecule has 0 unspecified atom stereocenters. The summed E-state index contributed by atoms with van der Waals surface area (Å²) in [6.45, 7) is 2.89. The molecule has 0 amide bonds. The number of aromatic nitrogens is 3. The molecular weight excluding hydrogens is 222 g/mol. The number of fused-ring (bicyclic) bond motifs is 1. The molecule has 2 aromatic heterocycles. The Morgan fingerprint density at radius 3 is 2.89 bits per heavy atom. The van der Waals surface area contributed by atoms with Gasteiger partial charge in [0.25, 0.3) is 0 Å². The predicted octanol–water partition coefficient (Wildman–Crippen LogP) is 3.04. The van der Waals surface area contributed by atoms with Crippen LogP contribution in [0.4, 0.5) is 0 Å². The van der Waals surface area contributed by atoms with E-state index in [-0.39, 0.29) is 0 Å². The van der Waals surface area contributed by atoms with Gasteiger partial charge in [-0.25, -0.2) is 0 Å². The third kappa shape index (κ3) is 2.12. The van der Waals surface area contributed by atoms with Crippen molar-refractivity contribution in [1.29, 1.82) is 0 Å². The van der Waals surface area contributed by atoms with Crippen molar-refractivity contribution in [2.45, 2.75) is 19.9 Å². The van der Waals surface area contributed by atoms with Crippen molar-refractivity contribution in [1.82, 2.24) is 14.8 Å². The van der Waals surface area contributed by atoms with E-state index in [4.69, 9.17) is 0 Å². The highest BCUT2D eigenvalue weighted by Crippen LogP contribution is 2.15. The van der Waals surface area contributed by atoms with Crippen molar-refractivity contribution in [2.24, 2.45) is 0 Å². The molecule has 0 spiro atoms. The van der Waals surface area contributed by atoms with Crippen molar-refractivity contribution < 1.29 is 0 Å². The van der Waals surface area contributed by atoms with E-state index in [0.29, 0.717) is 0 Å². The minimum atomic E-state index is 0.719. The van der Waals surface area contributed by atoms with Gasteiger partial charge >= 0.3 is 0 Å². The summed E-state index contributed by atoms with van der Waals surface area (Å²) in [6, 6.07) is 12.4. The molecule has 0 radical (unpaired) electrons. The Labute approximate surface area is 106 Å². The fourth-order valence-electron chi connectivity index (χ4n) is 2.08. The monoisotopic (exact) mass is 237 g/mol. The fourth-order valence-corrected chi connectivity index (χ4v) is 2.08. The third-order valence-corrected chi connectivity index (χ3v) is 3.07. The summed E-state index contributed by atoms with van der Waals surface area (Å²) >= 11 is 0. The molecule has 3 rings (SSSR count). The predicted molar refractivity (Wildman–Crippen MR) is 72.5 cm³/mol. The molecule has 3 aromatic rings. The summed E-state index contributed by atoms with van der Waals surface area (Å²) in [5.74, 6) is 0. The summed E-state index contributed by atoms with van der Waals surface area (Å²) in [5, 5.41) is 5.76. The molecule has 3 nitrogen and oxygen atoms in total. The lowest BCUT2D eigenvalue weighted by atomic mass is 10.1. The lowest BCUT2D eigenvalue weighted by Crippen LogP contribution is -2.01. The van der Waals surface area contributed by atoms with Crippen LogP contribution in [0.25, 0.3) is 10.9 Å². The van der Waals surface area contributed by atoms with Crippen molar-refractivity contribution >= 4 is 10.9 Å². The van der Waals surface area contributed by atoms with Crippen LogP contribution in [-0.4, -0.2) is 14.8 Å². The highest BCUT2D eigenvalue weighted by Gasteiger charge is 2.02. The van der Waals surface area contributed by atoms with Crippen LogP contribution < -0.4 is 0 Å². The Bertz CT molecular complexity index is 656. The van der Waals surface area contributed by atoms with Crippen molar-refractivity contribution in [3.8, 4) is 0 Å². The zero-order valence-electron chi connectivity index (χ0n) is 10.4. The van der Waals surface area contributed by atoms with Gasteiger partial charge in [-0.1, -0.05) is 19.1 Å². The molecule has 90 valence electrons. The van der Waals surface area contributed by atoms with Gasteiger partial charge in [0.2, 0.25) is 0 Å². The first-order valence-electron chi connectivity index (χ1n) is 6.21. The van der Waals surface area contributed by atoms with Crippen LogP contribution in [-0.2, 0) is 13.0 Å². The van der Waals surface area contributed by atoms with Crippen LogP contribution in [0.2, 0.25) is 0 Å². The molecule has 18 heavy (non-hydrogen) atoms. The van der Waals surface area contributed by atoms with E-state index in [1.54, 1.807) is 0 Å². The lowest BCUT2D eigenvalue weighted by Gasteiger charge is -1.99. The summed E-state index contributed by atoms with van der Waals surface area (Å²) in [7, 11) is 0. The smallest absolute Gasteiger partial charge is 0.0923 e. The molecule has 0 atom stereocenters. The lowest BCUT2D eigenvalue weighted by molar-refractivity contribution is 0.681. The summed E-state index contributed by atoms with van der Waals surface area (Å²) in [5.41, 5.74) is 3.42. The maximum absolute atomic E-state index is 4.56. The summed E-state index contributed by atoms with van der Waals surface area (Å²) in [4.78, 5) is 4.32. The van der Waals surface area contributed by atoms with Gasteiger partial charge < -0.3 is 0 Å². The number of hydrogen-bond acceptors (Lipinski definition) is 2. The van der Waals surface area contributed by atoms with Gasteiger partial charge in [0.1, 0.15) is 0 Å². The molecule has 0 aliphatic carbocycles. The topological polar surface area (TPSA) is 30.7 Å². The number of benzene rings is 1. The Morgan fingerprint density at radius 2 is 2.11 bits per heavy atom. The molecule has 3 heteroatoms. The normalized spacial score (nSPS) is 10.9. The van der Waals surface area contributed by atoms with E-state index in [1.807, 2.05) is 29.1 Å². The van der Waals surface area contributed by atoms with Gasteiger partial charge in [0, 0.05) is 17.8 Å². The van der Waals surface area contributed by atoms with E-state index in [1.165, 1.54) is 10.9 Å². The molecule has 0 N–H and O–H groups in total. The number of pyridine rings is 1. The second kappa shape index (κ2) is 4.61. The van der Waals surface area contributed by atoms with Gasteiger partial charge in [-0.3, -0.25) is 9.67 Å². The van der Waals surface area contributed by atoms with Crippen LogP contribution in [0.15, 0.2) is 48.8 Å². The second-order valence-electron chi connectivity index (χ2n) is 4.39. The average molecular weight is 237 g/mol. The number of aryl methyl sites for hydroxylation is 1. The molecule has 0 aliphatic heterocycles. The van der Waals surface area contributed by atoms with E-state index in [0.717, 1.165) is 24.2 Å². The van der Waals surface area contributed by atoms with Crippen LogP contribution >= 0.6 is 0 Å². The van der Waals surface area contributed by atoms with Crippen LogP contribution in [0, 0.1) is 0 Å². The molecule has 0 fully saturated rings. The Morgan fingerprint density at radius 1 is 1.17 bits per heavy atom. The van der Waals surface area contributed by atoms with E-state index in [2.05, 4.69) is 41.4 Å². The van der Waals surface area contributed by atoms with Crippen molar-refractivity contribution in [2.75, 3.05) is 0 Å². The summed E-state index contributed by atoms with van der Waals surface area (Å²) in [6.07, 6.45) is 4.96. The average Bonchev–Trinajstić information content (AvgIpc) is 2.80. The van der Waals surface area contributed by atoms with Crippen LogP contribution in [0.1, 0.15) is 18.2 Å². The maximum Gasteiger partial charge on any atom is 0.0923 e. The second-order valence-corrected chi connectivity index (χ2v) is 4.39. The SMILES string of the molecule is CCc1ccc2nn(Cc3ccccn3)cc2c1. The quantitative estimate of drug-likeness (QED) is 0.701. The molecule has 2 heterocycles. The minimum absolute atomic E-state index is 0.719. The standard InChI is InChI=1S/C15H15N3/c1-2-12-6-7-15-13(9-12)10-18(17-15)11-14-5-3-4-8-16-14/h3-10H,2,11H2,1H3. The number of hydrogen-bond donors (Lipinski definition) is 0. The fraction of sp³-hybridized carbons (Fsp3) is 0.200. The summed E-state index contributed by atoms with van der Waals surface area (Å²) < 4.78 is 1.95. The Balaban J connectivity index is 1.94. The number of nitrogens with zero attached hydrogens (tertiary/aromatic N) is 3. The Kier molecular flexibility index (Phi) is 2.81. The largest absolute Gasteiger partial charge is 0.266 e. The van der Waals surface area contributed by atoms with Crippen molar-refractivity contribution in [3.63, 3.8) is 0 Å². The zero-order valence-corrected chi connectivity index (χ0v) is 10.4. The molecule has 1 aromatic carbocycles. The number of rotatable bonds is 3. The first kappa shape index (κ1) is 11.0. The molecular formula is C15H15N3. The van der Waals surface area contributed by atoms with Gasteiger partial charge in [-0.15, -0.1) is 0 Å². The van der Waals surface area contributed by atoms with Gasteiger partial charge in [0.05, 0.1) is 17.8 Å². The van der Waals surface area contributed by atoms with Gasteiger partial charge in [0.15, 0.2) is 0 Å². The van der Waals surface area contributed by atoms with E-state index in [9.17, 15) is 0 Å². The molecule has 0 bridgehead atoms. The highest BCUT2D eigenvalue weighted by atomic mass is 15.3. The van der Waals surface area contributed by atoms with E-state index < -0.39 is 0 Å².